The van der Waals surface area contributed by atoms with Crippen molar-refractivity contribution in [2.75, 3.05) is 19.0 Å². The number of aryl methyl sites for hydroxylation is 1. The van der Waals surface area contributed by atoms with Crippen LogP contribution in [0.4, 0.5) is 5.69 Å². The lowest BCUT2D eigenvalue weighted by Crippen LogP contribution is -2.20. The third-order valence-electron chi connectivity index (χ3n) is 3.07. The Labute approximate surface area is 163 Å². The first-order valence-corrected chi connectivity index (χ1v) is 8.31. The van der Waals surface area contributed by atoms with E-state index in [0.717, 1.165) is 21.5 Å². The van der Waals surface area contributed by atoms with E-state index in [4.69, 9.17) is 29.3 Å². The summed E-state index contributed by atoms with van der Waals surface area (Å²) < 4.78 is 11.5. The SMILES string of the molecule is COc1ccc(OCC(=O)Nc2ccc(Br)cc2C)cc1.O=C(O)C(=O)O. The zero-order valence-corrected chi connectivity index (χ0v) is 16.1. The van der Waals surface area contributed by atoms with E-state index in [0.29, 0.717) is 5.75 Å². The number of ether oxygens (including phenoxy) is 2. The van der Waals surface area contributed by atoms with Crippen molar-refractivity contribution < 1.29 is 34.1 Å². The van der Waals surface area contributed by atoms with E-state index in [-0.39, 0.29) is 12.5 Å². The summed E-state index contributed by atoms with van der Waals surface area (Å²) in [5, 5.41) is 17.6. The molecule has 2 aromatic rings. The maximum atomic E-state index is 11.9. The topological polar surface area (TPSA) is 122 Å². The fourth-order valence-electron chi connectivity index (χ4n) is 1.77. The van der Waals surface area contributed by atoms with Crippen LogP contribution >= 0.6 is 15.9 Å². The summed E-state index contributed by atoms with van der Waals surface area (Å²) in [6, 6.07) is 12.8. The first-order valence-electron chi connectivity index (χ1n) is 7.52. The van der Waals surface area contributed by atoms with Crippen molar-refractivity contribution in [2.24, 2.45) is 0 Å². The molecule has 0 radical (unpaired) electrons. The van der Waals surface area contributed by atoms with Crippen LogP contribution < -0.4 is 14.8 Å². The van der Waals surface area contributed by atoms with Gasteiger partial charge in [0.15, 0.2) is 6.61 Å². The van der Waals surface area contributed by atoms with Gasteiger partial charge in [0.25, 0.3) is 5.91 Å². The van der Waals surface area contributed by atoms with Crippen molar-refractivity contribution in [1.82, 2.24) is 0 Å². The minimum absolute atomic E-state index is 0.0398. The zero-order chi connectivity index (χ0) is 20.4. The van der Waals surface area contributed by atoms with Crippen LogP contribution in [0.25, 0.3) is 0 Å². The van der Waals surface area contributed by atoms with Gasteiger partial charge in [0.05, 0.1) is 7.11 Å². The maximum absolute atomic E-state index is 11.9. The van der Waals surface area contributed by atoms with Crippen LogP contribution in [0, 0.1) is 6.92 Å². The number of carboxylic acids is 2. The number of carboxylic acid groups (broad SMARTS) is 2. The monoisotopic (exact) mass is 439 g/mol. The normalized spacial score (nSPS) is 9.44. The minimum Gasteiger partial charge on any atom is -0.497 e. The highest BCUT2D eigenvalue weighted by molar-refractivity contribution is 9.10. The molecule has 0 saturated carbocycles. The number of anilines is 1. The second-order valence-corrected chi connectivity index (χ2v) is 6.00. The zero-order valence-electron chi connectivity index (χ0n) is 14.6. The molecule has 0 aliphatic carbocycles. The highest BCUT2D eigenvalue weighted by Gasteiger charge is 2.06. The predicted molar refractivity (Wildman–Crippen MR) is 101 cm³/mol. The molecule has 0 fully saturated rings. The molecule has 27 heavy (non-hydrogen) atoms. The number of benzene rings is 2. The summed E-state index contributed by atoms with van der Waals surface area (Å²) >= 11 is 3.39. The molecule has 0 bridgehead atoms. The van der Waals surface area contributed by atoms with E-state index in [1.54, 1.807) is 31.4 Å². The smallest absolute Gasteiger partial charge is 0.414 e. The average Bonchev–Trinajstić information content (AvgIpc) is 2.63. The number of carbonyl (C=O) groups excluding carboxylic acids is 1. The molecule has 0 spiro atoms. The molecule has 0 aromatic heterocycles. The molecule has 144 valence electrons. The Kier molecular flexibility index (Phi) is 8.80. The summed E-state index contributed by atoms with van der Waals surface area (Å²) in [6.07, 6.45) is 0. The van der Waals surface area contributed by atoms with E-state index in [9.17, 15) is 4.79 Å². The lowest BCUT2D eigenvalue weighted by atomic mass is 10.2. The van der Waals surface area contributed by atoms with Crippen LogP contribution in [0.1, 0.15) is 5.56 Å². The molecular weight excluding hydrogens is 422 g/mol. The number of methoxy groups -OCH3 is 1. The molecule has 0 atom stereocenters. The Bertz CT molecular complexity index is 794. The van der Waals surface area contributed by atoms with E-state index >= 15 is 0 Å². The molecule has 2 aromatic carbocycles. The molecule has 2 rings (SSSR count). The van der Waals surface area contributed by atoms with Crippen LogP contribution in [0.15, 0.2) is 46.9 Å². The van der Waals surface area contributed by atoms with Gasteiger partial charge in [-0.1, -0.05) is 15.9 Å². The second kappa shape index (κ2) is 10.8. The number of rotatable bonds is 5. The van der Waals surface area contributed by atoms with Crippen LogP contribution in [-0.4, -0.2) is 41.8 Å². The van der Waals surface area contributed by atoms with Crippen LogP contribution in [0.3, 0.4) is 0 Å². The van der Waals surface area contributed by atoms with Crippen molar-refractivity contribution in [3.8, 4) is 11.5 Å². The van der Waals surface area contributed by atoms with Gasteiger partial charge in [-0.3, -0.25) is 4.79 Å². The van der Waals surface area contributed by atoms with Gasteiger partial charge in [0.2, 0.25) is 0 Å². The highest BCUT2D eigenvalue weighted by atomic mass is 79.9. The Balaban J connectivity index is 0.000000527. The Hall–Kier alpha value is -3.07. The predicted octanol–water partition coefficient (Wildman–Crippen LogP) is 2.94. The second-order valence-electron chi connectivity index (χ2n) is 5.08. The Morgan fingerprint density at radius 3 is 2.04 bits per heavy atom. The van der Waals surface area contributed by atoms with E-state index < -0.39 is 11.9 Å². The molecule has 0 unspecified atom stereocenters. The highest BCUT2D eigenvalue weighted by Crippen LogP contribution is 2.20. The first kappa shape index (κ1) is 22.0. The third-order valence-corrected chi connectivity index (χ3v) is 3.57. The van der Waals surface area contributed by atoms with Gasteiger partial charge >= 0.3 is 11.9 Å². The van der Waals surface area contributed by atoms with Gasteiger partial charge in [0, 0.05) is 10.2 Å². The van der Waals surface area contributed by atoms with Gasteiger partial charge in [-0.25, -0.2) is 9.59 Å². The first-order chi connectivity index (χ1) is 12.7. The number of hydrogen-bond donors (Lipinski definition) is 3. The van der Waals surface area contributed by atoms with Gasteiger partial charge in [-0.15, -0.1) is 0 Å². The summed E-state index contributed by atoms with van der Waals surface area (Å²) in [5.41, 5.74) is 1.77. The molecule has 1 amide bonds. The van der Waals surface area contributed by atoms with E-state index in [2.05, 4.69) is 21.2 Å². The molecule has 3 N–H and O–H groups in total. The quantitative estimate of drug-likeness (QED) is 0.611. The summed E-state index contributed by atoms with van der Waals surface area (Å²) in [6.45, 7) is 1.90. The number of nitrogens with one attached hydrogen (secondary N) is 1. The summed E-state index contributed by atoms with van der Waals surface area (Å²) in [4.78, 5) is 30.1. The van der Waals surface area contributed by atoms with Crippen molar-refractivity contribution >= 4 is 39.5 Å². The molecule has 0 heterocycles. The summed E-state index contributed by atoms with van der Waals surface area (Å²) in [7, 11) is 1.60. The molecule has 0 saturated heterocycles. The number of carbonyl (C=O) groups is 3. The molecule has 8 nitrogen and oxygen atoms in total. The van der Waals surface area contributed by atoms with Gasteiger partial charge in [-0.2, -0.15) is 0 Å². The van der Waals surface area contributed by atoms with Crippen molar-refractivity contribution in [1.29, 1.82) is 0 Å². The molecule has 0 aliphatic rings. The van der Waals surface area contributed by atoms with E-state index in [1.807, 2.05) is 25.1 Å². The van der Waals surface area contributed by atoms with Crippen molar-refractivity contribution in [3.63, 3.8) is 0 Å². The van der Waals surface area contributed by atoms with Gasteiger partial charge in [0.1, 0.15) is 11.5 Å². The molecule has 0 aliphatic heterocycles. The largest absolute Gasteiger partial charge is 0.497 e. The molecular formula is C18H18BrNO7. The number of hydrogen-bond acceptors (Lipinski definition) is 5. The lowest BCUT2D eigenvalue weighted by Gasteiger charge is -2.10. The van der Waals surface area contributed by atoms with E-state index in [1.165, 1.54) is 0 Å². The van der Waals surface area contributed by atoms with Gasteiger partial charge < -0.3 is 25.0 Å². The maximum Gasteiger partial charge on any atom is 0.414 e. The number of amides is 1. The Morgan fingerprint density at radius 1 is 1.00 bits per heavy atom. The fraction of sp³-hybridized carbons (Fsp3) is 0.167. The standard InChI is InChI=1S/C16H16BrNO3.C2H2O4/c1-11-9-12(17)3-8-15(11)18-16(19)10-21-14-6-4-13(20-2)5-7-14;3-1(4)2(5)6/h3-9H,10H2,1-2H3,(H,18,19);(H,3,4)(H,5,6). The van der Waals surface area contributed by atoms with Crippen LogP contribution in [0.2, 0.25) is 0 Å². The number of aliphatic carboxylic acids is 2. The Morgan fingerprint density at radius 2 is 1.56 bits per heavy atom. The number of halogens is 1. The van der Waals surface area contributed by atoms with Crippen LogP contribution in [-0.2, 0) is 14.4 Å². The van der Waals surface area contributed by atoms with Gasteiger partial charge in [-0.05, 0) is 55.0 Å². The fourth-order valence-corrected chi connectivity index (χ4v) is 2.25. The van der Waals surface area contributed by atoms with Crippen molar-refractivity contribution in [2.45, 2.75) is 6.92 Å². The minimum atomic E-state index is -1.82. The molecule has 9 heteroatoms. The summed E-state index contributed by atoms with van der Waals surface area (Å²) in [5.74, 6) is -2.47. The lowest BCUT2D eigenvalue weighted by molar-refractivity contribution is -0.159. The van der Waals surface area contributed by atoms with Crippen LogP contribution in [0.5, 0.6) is 11.5 Å². The average molecular weight is 440 g/mol. The van der Waals surface area contributed by atoms with Crippen molar-refractivity contribution in [3.05, 3.63) is 52.5 Å². The third kappa shape index (κ3) is 8.23.